The van der Waals surface area contributed by atoms with Crippen molar-refractivity contribution >= 4 is 15.9 Å². The Morgan fingerprint density at radius 1 is 1.44 bits per heavy atom. The second-order valence-corrected chi connectivity index (χ2v) is 5.21. The molecule has 2 unspecified atom stereocenters. The van der Waals surface area contributed by atoms with E-state index in [1.807, 2.05) is 7.05 Å². The summed E-state index contributed by atoms with van der Waals surface area (Å²) in [6, 6.07) is 0.290. The zero-order valence-electron chi connectivity index (χ0n) is 12.0. The number of hydrogen-bond acceptors (Lipinski definition) is 3. The van der Waals surface area contributed by atoms with E-state index in [4.69, 9.17) is 4.74 Å². The lowest BCUT2D eigenvalue weighted by Gasteiger charge is -2.22. The molecule has 0 spiro atoms. The summed E-state index contributed by atoms with van der Waals surface area (Å²) in [5, 5.41) is 7.94. The molecule has 0 aliphatic rings. The first kappa shape index (κ1) is 15.7. The topological polar surface area (TPSA) is 39.1 Å². The highest BCUT2D eigenvalue weighted by atomic mass is 79.9. The van der Waals surface area contributed by atoms with Gasteiger partial charge in [0.05, 0.1) is 22.0 Å². The Morgan fingerprint density at radius 2 is 2.11 bits per heavy atom. The molecule has 0 aromatic carbocycles. The standard InChI is InChI=1S/C13H24BrN3O/c1-6-10-13(14)12(17(7-2)16-10)8-11(15-4)9(3)18-5/h9,11,15H,6-8H2,1-5H3. The van der Waals surface area contributed by atoms with E-state index in [1.165, 1.54) is 5.69 Å². The van der Waals surface area contributed by atoms with Gasteiger partial charge < -0.3 is 10.1 Å². The Morgan fingerprint density at radius 3 is 2.56 bits per heavy atom. The molecule has 0 radical (unpaired) electrons. The Labute approximate surface area is 118 Å². The maximum Gasteiger partial charge on any atom is 0.0766 e. The van der Waals surface area contributed by atoms with Gasteiger partial charge in [0.25, 0.3) is 0 Å². The predicted molar refractivity (Wildman–Crippen MR) is 78.0 cm³/mol. The van der Waals surface area contributed by atoms with Gasteiger partial charge in [-0.15, -0.1) is 0 Å². The number of hydrogen-bond donors (Lipinski definition) is 1. The molecule has 0 amide bonds. The summed E-state index contributed by atoms with van der Waals surface area (Å²) in [6.07, 6.45) is 2.03. The molecule has 0 aliphatic heterocycles. The molecule has 0 bridgehead atoms. The summed E-state index contributed by atoms with van der Waals surface area (Å²) < 4.78 is 8.64. The third kappa shape index (κ3) is 3.33. The van der Waals surface area contributed by atoms with Crippen molar-refractivity contribution in [3.8, 4) is 0 Å². The van der Waals surface area contributed by atoms with E-state index in [1.54, 1.807) is 7.11 Å². The van der Waals surface area contributed by atoms with Crippen molar-refractivity contribution in [3.05, 3.63) is 15.9 Å². The molecule has 0 fully saturated rings. The fourth-order valence-corrected chi connectivity index (χ4v) is 2.81. The van der Waals surface area contributed by atoms with E-state index in [0.717, 1.165) is 29.6 Å². The number of aromatic nitrogens is 2. The summed E-state index contributed by atoms with van der Waals surface area (Å²) in [6.45, 7) is 7.23. The zero-order chi connectivity index (χ0) is 13.7. The normalized spacial score (nSPS) is 14.8. The molecular weight excluding hydrogens is 294 g/mol. The van der Waals surface area contributed by atoms with Crippen molar-refractivity contribution in [1.82, 2.24) is 15.1 Å². The van der Waals surface area contributed by atoms with E-state index in [2.05, 4.69) is 51.8 Å². The van der Waals surface area contributed by atoms with E-state index in [-0.39, 0.29) is 12.1 Å². The van der Waals surface area contributed by atoms with Gasteiger partial charge in [-0.1, -0.05) is 6.92 Å². The van der Waals surface area contributed by atoms with Crippen molar-refractivity contribution in [3.63, 3.8) is 0 Å². The van der Waals surface area contributed by atoms with Crippen molar-refractivity contribution in [2.24, 2.45) is 0 Å². The molecule has 0 aliphatic carbocycles. The maximum atomic E-state index is 5.41. The number of methoxy groups -OCH3 is 1. The number of nitrogens with one attached hydrogen (secondary N) is 1. The Balaban J connectivity index is 2.97. The third-order valence-corrected chi connectivity index (χ3v) is 4.33. The van der Waals surface area contributed by atoms with Crippen LogP contribution >= 0.6 is 15.9 Å². The SMILES string of the molecule is CCc1nn(CC)c(CC(NC)C(C)OC)c1Br. The third-order valence-electron chi connectivity index (χ3n) is 3.42. The van der Waals surface area contributed by atoms with Gasteiger partial charge in [0.15, 0.2) is 0 Å². The van der Waals surface area contributed by atoms with Crippen molar-refractivity contribution in [2.75, 3.05) is 14.2 Å². The smallest absolute Gasteiger partial charge is 0.0766 e. The average molecular weight is 318 g/mol. The summed E-state index contributed by atoms with van der Waals surface area (Å²) in [5.74, 6) is 0. The highest BCUT2D eigenvalue weighted by Gasteiger charge is 2.21. The maximum absolute atomic E-state index is 5.41. The van der Waals surface area contributed by atoms with Crippen LogP contribution in [0.2, 0.25) is 0 Å². The van der Waals surface area contributed by atoms with Gasteiger partial charge in [-0.25, -0.2) is 0 Å². The van der Waals surface area contributed by atoms with Crippen LogP contribution in [-0.2, 0) is 24.1 Å². The quantitative estimate of drug-likeness (QED) is 0.839. The van der Waals surface area contributed by atoms with Crippen LogP contribution < -0.4 is 5.32 Å². The average Bonchev–Trinajstić information content (AvgIpc) is 2.71. The van der Waals surface area contributed by atoms with Gasteiger partial charge >= 0.3 is 0 Å². The van der Waals surface area contributed by atoms with Crippen LogP contribution in [-0.4, -0.2) is 36.1 Å². The minimum Gasteiger partial charge on any atom is -0.380 e. The molecule has 0 saturated carbocycles. The Bertz CT molecular complexity index is 379. The molecule has 1 aromatic heterocycles. The lowest BCUT2D eigenvalue weighted by molar-refractivity contribution is 0.0850. The van der Waals surface area contributed by atoms with Crippen molar-refractivity contribution in [1.29, 1.82) is 0 Å². The summed E-state index contributed by atoms with van der Waals surface area (Å²) in [7, 11) is 3.72. The van der Waals surface area contributed by atoms with Crippen LogP contribution in [0.5, 0.6) is 0 Å². The fourth-order valence-electron chi connectivity index (χ4n) is 2.09. The first-order chi connectivity index (χ1) is 8.58. The Hall–Kier alpha value is -0.390. The molecule has 4 nitrogen and oxygen atoms in total. The Kier molecular flexibility index (Phi) is 6.32. The number of likely N-dealkylation sites (N-methyl/N-ethyl adjacent to an activating group) is 1. The second kappa shape index (κ2) is 7.26. The van der Waals surface area contributed by atoms with Gasteiger partial charge in [-0.2, -0.15) is 5.10 Å². The highest BCUT2D eigenvalue weighted by molar-refractivity contribution is 9.10. The van der Waals surface area contributed by atoms with E-state index in [9.17, 15) is 0 Å². The molecular formula is C13H24BrN3O. The van der Waals surface area contributed by atoms with Gasteiger partial charge in [-0.3, -0.25) is 4.68 Å². The first-order valence-electron chi connectivity index (χ1n) is 6.53. The van der Waals surface area contributed by atoms with Crippen LogP contribution in [0, 0.1) is 0 Å². The number of rotatable bonds is 7. The van der Waals surface area contributed by atoms with E-state index >= 15 is 0 Å². The summed E-state index contributed by atoms with van der Waals surface area (Å²) in [5.41, 5.74) is 2.38. The highest BCUT2D eigenvalue weighted by Crippen LogP contribution is 2.24. The molecule has 1 aromatic rings. The molecule has 5 heteroatoms. The molecule has 1 N–H and O–H groups in total. The number of nitrogens with zero attached hydrogens (tertiary/aromatic N) is 2. The molecule has 104 valence electrons. The van der Waals surface area contributed by atoms with E-state index in [0.29, 0.717) is 0 Å². The van der Waals surface area contributed by atoms with Crippen LogP contribution in [0.15, 0.2) is 4.47 Å². The zero-order valence-corrected chi connectivity index (χ0v) is 13.5. The van der Waals surface area contributed by atoms with Crippen molar-refractivity contribution in [2.45, 2.75) is 52.3 Å². The van der Waals surface area contributed by atoms with Gasteiger partial charge in [0.1, 0.15) is 0 Å². The predicted octanol–water partition coefficient (Wildman–Crippen LogP) is 2.39. The molecule has 18 heavy (non-hydrogen) atoms. The summed E-state index contributed by atoms with van der Waals surface area (Å²) in [4.78, 5) is 0. The second-order valence-electron chi connectivity index (χ2n) is 4.42. The van der Waals surface area contributed by atoms with Crippen molar-refractivity contribution < 1.29 is 4.74 Å². The molecule has 0 saturated heterocycles. The number of halogens is 1. The van der Waals surface area contributed by atoms with Gasteiger partial charge in [-0.05, 0) is 43.2 Å². The van der Waals surface area contributed by atoms with Crippen LogP contribution in [0.25, 0.3) is 0 Å². The first-order valence-corrected chi connectivity index (χ1v) is 7.32. The van der Waals surface area contributed by atoms with Gasteiger partial charge in [0, 0.05) is 26.1 Å². The number of ether oxygens (including phenoxy) is 1. The van der Waals surface area contributed by atoms with Crippen LogP contribution in [0.3, 0.4) is 0 Å². The van der Waals surface area contributed by atoms with Crippen LogP contribution in [0.1, 0.15) is 32.2 Å². The summed E-state index contributed by atoms with van der Waals surface area (Å²) >= 11 is 3.68. The monoisotopic (exact) mass is 317 g/mol. The van der Waals surface area contributed by atoms with E-state index < -0.39 is 0 Å². The molecule has 1 rings (SSSR count). The lowest BCUT2D eigenvalue weighted by Crippen LogP contribution is -2.39. The number of aryl methyl sites for hydroxylation is 2. The fraction of sp³-hybridized carbons (Fsp3) is 0.769. The van der Waals surface area contributed by atoms with Gasteiger partial charge in [0.2, 0.25) is 0 Å². The lowest BCUT2D eigenvalue weighted by atomic mass is 10.1. The molecule has 1 heterocycles. The minimum atomic E-state index is 0.173. The minimum absolute atomic E-state index is 0.173. The molecule has 2 atom stereocenters. The largest absolute Gasteiger partial charge is 0.380 e. The van der Waals surface area contributed by atoms with Crippen LogP contribution in [0.4, 0.5) is 0 Å².